The van der Waals surface area contributed by atoms with Crippen LogP contribution >= 0.6 is 23.2 Å². The number of rotatable bonds is 9. The summed E-state index contributed by atoms with van der Waals surface area (Å²) in [4.78, 5) is 2.32. The summed E-state index contributed by atoms with van der Waals surface area (Å²) < 4.78 is 24.7. The molecule has 0 fully saturated rings. The molecule has 0 radical (unpaired) electrons. The van der Waals surface area contributed by atoms with E-state index in [0.717, 1.165) is 31.5 Å². The molecule has 0 amide bonds. The molecule has 0 bridgehead atoms. The molecule has 1 unspecified atom stereocenters. The number of sulfonamides is 1. The highest BCUT2D eigenvalue weighted by Crippen LogP contribution is 2.28. The zero-order valence-electron chi connectivity index (χ0n) is 13.3. The van der Waals surface area contributed by atoms with Gasteiger partial charge in [-0.05, 0) is 50.6 Å². The normalized spacial score (nSPS) is 13.5. The smallest absolute Gasteiger partial charge is 0.208 e. The van der Waals surface area contributed by atoms with E-state index in [2.05, 4.69) is 23.5 Å². The molecular weight excluding hydrogens is 343 g/mol. The van der Waals surface area contributed by atoms with Gasteiger partial charge in [-0.25, -0.2) is 13.1 Å². The predicted octanol–water partition coefficient (Wildman–Crippen LogP) is 3.71. The highest BCUT2D eigenvalue weighted by molar-refractivity contribution is 7.88. The van der Waals surface area contributed by atoms with Gasteiger partial charge in [0.25, 0.3) is 0 Å². The second-order valence-corrected chi connectivity index (χ2v) is 8.05. The zero-order valence-corrected chi connectivity index (χ0v) is 15.6. The van der Waals surface area contributed by atoms with E-state index < -0.39 is 10.0 Å². The molecule has 0 saturated heterocycles. The maximum atomic E-state index is 11.1. The summed E-state index contributed by atoms with van der Waals surface area (Å²) in [6.07, 6.45) is 2.97. The molecule has 1 aromatic rings. The number of hydrogen-bond donors (Lipinski definition) is 1. The lowest BCUT2D eigenvalue weighted by atomic mass is 10.1. The van der Waals surface area contributed by atoms with Crippen molar-refractivity contribution in [3.05, 3.63) is 33.8 Å². The van der Waals surface area contributed by atoms with Gasteiger partial charge in [0.2, 0.25) is 10.0 Å². The Balaban J connectivity index is 2.66. The maximum absolute atomic E-state index is 11.1. The Morgan fingerprint density at radius 2 is 1.91 bits per heavy atom. The Morgan fingerprint density at radius 3 is 2.45 bits per heavy atom. The maximum Gasteiger partial charge on any atom is 0.208 e. The van der Waals surface area contributed by atoms with E-state index in [9.17, 15) is 8.42 Å². The third-order valence-corrected chi connectivity index (χ3v) is 4.94. The Hall–Kier alpha value is -0.330. The SMILES string of the molecule is CCCN(CCCNS(C)(=O)=O)C(C)c1ccc(Cl)c(Cl)c1. The third-order valence-electron chi connectivity index (χ3n) is 3.47. The lowest BCUT2D eigenvalue weighted by molar-refractivity contribution is 0.209. The topological polar surface area (TPSA) is 49.4 Å². The fraction of sp³-hybridized carbons (Fsp3) is 0.600. The van der Waals surface area contributed by atoms with Crippen molar-refractivity contribution < 1.29 is 8.42 Å². The molecule has 1 N–H and O–H groups in total. The van der Waals surface area contributed by atoms with Crippen LogP contribution in [0.4, 0.5) is 0 Å². The van der Waals surface area contributed by atoms with E-state index in [0.29, 0.717) is 16.6 Å². The van der Waals surface area contributed by atoms with E-state index in [4.69, 9.17) is 23.2 Å². The molecule has 0 aliphatic carbocycles. The van der Waals surface area contributed by atoms with Crippen molar-refractivity contribution >= 4 is 33.2 Å². The van der Waals surface area contributed by atoms with Crippen molar-refractivity contribution in [2.45, 2.75) is 32.7 Å². The minimum atomic E-state index is -3.12. The van der Waals surface area contributed by atoms with Gasteiger partial charge < -0.3 is 0 Å². The minimum absolute atomic E-state index is 0.202. The van der Waals surface area contributed by atoms with Gasteiger partial charge in [-0.3, -0.25) is 4.90 Å². The average molecular weight is 367 g/mol. The molecule has 1 atom stereocenters. The molecule has 0 aliphatic rings. The van der Waals surface area contributed by atoms with Crippen LogP contribution in [0.25, 0.3) is 0 Å². The standard InChI is InChI=1S/C15H24Cl2N2O2S/c1-4-9-19(10-5-8-18-22(3,20)21)12(2)13-6-7-14(16)15(17)11-13/h6-7,11-12,18H,4-5,8-10H2,1-3H3. The Bertz CT molecular complexity index is 579. The minimum Gasteiger partial charge on any atom is -0.297 e. The van der Waals surface area contributed by atoms with Crippen molar-refractivity contribution in [1.29, 1.82) is 0 Å². The van der Waals surface area contributed by atoms with Crippen LogP contribution in [0.5, 0.6) is 0 Å². The van der Waals surface area contributed by atoms with Crippen LogP contribution in [0.1, 0.15) is 38.3 Å². The molecule has 4 nitrogen and oxygen atoms in total. The van der Waals surface area contributed by atoms with Gasteiger partial charge in [0, 0.05) is 12.6 Å². The van der Waals surface area contributed by atoms with Crippen LogP contribution in [0, 0.1) is 0 Å². The van der Waals surface area contributed by atoms with E-state index >= 15 is 0 Å². The fourth-order valence-electron chi connectivity index (χ4n) is 2.31. The lowest BCUT2D eigenvalue weighted by Gasteiger charge is -2.29. The average Bonchev–Trinajstić information content (AvgIpc) is 2.43. The first-order valence-electron chi connectivity index (χ1n) is 7.38. The second kappa shape index (κ2) is 9.08. The summed E-state index contributed by atoms with van der Waals surface area (Å²) in [5.74, 6) is 0. The van der Waals surface area contributed by atoms with Crippen LogP contribution in [0.2, 0.25) is 10.0 Å². The molecule has 126 valence electrons. The summed E-state index contributed by atoms with van der Waals surface area (Å²) >= 11 is 12.0. The molecule has 0 heterocycles. The van der Waals surface area contributed by atoms with Crippen molar-refractivity contribution in [2.24, 2.45) is 0 Å². The summed E-state index contributed by atoms with van der Waals surface area (Å²) in [6.45, 7) is 6.47. The summed E-state index contributed by atoms with van der Waals surface area (Å²) in [7, 11) is -3.12. The molecule has 0 spiro atoms. The Morgan fingerprint density at radius 1 is 1.23 bits per heavy atom. The van der Waals surface area contributed by atoms with Gasteiger partial charge in [0.15, 0.2) is 0 Å². The molecule has 1 aromatic carbocycles. The molecule has 0 aromatic heterocycles. The van der Waals surface area contributed by atoms with Gasteiger partial charge >= 0.3 is 0 Å². The highest BCUT2D eigenvalue weighted by Gasteiger charge is 2.16. The summed E-state index contributed by atoms with van der Waals surface area (Å²) in [5, 5.41) is 1.11. The van der Waals surface area contributed by atoms with Gasteiger partial charge in [0.1, 0.15) is 0 Å². The van der Waals surface area contributed by atoms with Crippen LogP contribution in [0.3, 0.4) is 0 Å². The molecule has 0 aliphatic heterocycles. The molecule has 22 heavy (non-hydrogen) atoms. The summed E-state index contributed by atoms with van der Waals surface area (Å²) in [5.41, 5.74) is 1.11. The molecular formula is C15H24Cl2N2O2S. The van der Waals surface area contributed by atoms with E-state index in [1.165, 1.54) is 6.26 Å². The first-order valence-corrected chi connectivity index (χ1v) is 10.0. The van der Waals surface area contributed by atoms with Gasteiger partial charge in [-0.2, -0.15) is 0 Å². The largest absolute Gasteiger partial charge is 0.297 e. The van der Waals surface area contributed by atoms with Gasteiger partial charge in [0.05, 0.1) is 16.3 Å². The van der Waals surface area contributed by atoms with Crippen molar-refractivity contribution in [1.82, 2.24) is 9.62 Å². The summed E-state index contributed by atoms with van der Waals surface area (Å²) in [6, 6.07) is 5.89. The molecule has 7 heteroatoms. The van der Waals surface area contributed by atoms with Crippen molar-refractivity contribution in [3.8, 4) is 0 Å². The second-order valence-electron chi connectivity index (χ2n) is 5.41. The zero-order chi connectivity index (χ0) is 16.8. The number of benzene rings is 1. The van der Waals surface area contributed by atoms with Crippen molar-refractivity contribution in [2.75, 3.05) is 25.9 Å². The van der Waals surface area contributed by atoms with Crippen LogP contribution in [0.15, 0.2) is 18.2 Å². The number of hydrogen-bond acceptors (Lipinski definition) is 3. The Kier molecular flexibility index (Phi) is 8.14. The van der Waals surface area contributed by atoms with E-state index in [1.54, 1.807) is 0 Å². The number of halogens is 2. The van der Waals surface area contributed by atoms with Crippen LogP contribution in [-0.4, -0.2) is 39.2 Å². The lowest BCUT2D eigenvalue weighted by Crippen LogP contribution is -2.32. The fourth-order valence-corrected chi connectivity index (χ4v) is 3.13. The number of nitrogens with one attached hydrogen (secondary N) is 1. The van der Waals surface area contributed by atoms with Gasteiger partial charge in [-0.1, -0.05) is 36.2 Å². The number of nitrogens with zero attached hydrogens (tertiary/aromatic N) is 1. The van der Waals surface area contributed by atoms with Crippen LogP contribution < -0.4 is 4.72 Å². The highest BCUT2D eigenvalue weighted by atomic mass is 35.5. The Labute approximate surface area is 143 Å². The van der Waals surface area contributed by atoms with Gasteiger partial charge in [-0.15, -0.1) is 0 Å². The molecule has 0 saturated carbocycles. The molecule has 1 rings (SSSR count). The quantitative estimate of drug-likeness (QED) is 0.677. The van der Waals surface area contributed by atoms with Crippen LogP contribution in [-0.2, 0) is 10.0 Å². The monoisotopic (exact) mass is 366 g/mol. The van der Waals surface area contributed by atoms with E-state index in [1.807, 2.05) is 18.2 Å². The first kappa shape index (κ1) is 19.7. The first-order chi connectivity index (χ1) is 10.2. The predicted molar refractivity (Wildman–Crippen MR) is 94.2 cm³/mol. The third kappa shape index (κ3) is 6.84. The van der Waals surface area contributed by atoms with Crippen molar-refractivity contribution in [3.63, 3.8) is 0 Å². The van der Waals surface area contributed by atoms with E-state index in [-0.39, 0.29) is 6.04 Å².